The van der Waals surface area contributed by atoms with E-state index in [4.69, 9.17) is 29.9 Å². The minimum atomic E-state index is 0.628. The Morgan fingerprint density at radius 3 is 1.10 bits per heavy atom. The Kier molecular flexibility index (Phi) is 15.1. The van der Waals surface area contributed by atoms with E-state index in [1.165, 1.54) is 217 Å². The first kappa shape index (κ1) is 75.9. The van der Waals surface area contributed by atoms with Crippen molar-refractivity contribution in [3.8, 4) is 62.6 Å². The predicted octanol–water partition coefficient (Wildman–Crippen LogP) is 32.6. The van der Waals surface area contributed by atoms with Gasteiger partial charge in [-0.15, -0.1) is 0 Å². The van der Waals surface area contributed by atoms with E-state index in [1.807, 2.05) is 18.3 Å². The molecule has 13 aromatic heterocycles. The Morgan fingerprint density at radius 1 is 0.183 bits per heavy atom. The number of rotatable bonds is 5. The van der Waals surface area contributed by atoms with Gasteiger partial charge in [0.15, 0.2) is 11.5 Å². The molecule has 0 bridgehead atoms. The van der Waals surface area contributed by atoms with Gasteiger partial charge in [0.2, 0.25) is 11.9 Å². The summed E-state index contributed by atoms with van der Waals surface area (Å²) in [7, 11) is 0. The fraction of sp³-hybridized carbons (Fsp3) is 0. The van der Waals surface area contributed by atoms with Crippen LogP contribution < -0.4 is 0 Å². The largest absolute Gasteiger partial charge is 0.309 e. The summed E-state index contributed by atoms with van der Waals surface area (Å²) in [5.74, 6) is 2.04. The van der Waals surface area contributed by atoms with Crippen molar-refractivity contribution in [2.45, 2.75) is 0 Å². The van der Waals surface area contributed by atoms with Crippen LogP contribution in [0.5, 0.6) is 0 Å². The number of pyridine rings is 1. The van der Waals surface area contributed by atoms with Gasteiger partial charge in [-0.25, -0.2) is 29.9 Å². The number of fused-ring (bicyclic) bond motifs is 39. The molecule has 0 spiro atoms. The van der Waals surface area contributed by atoms with Gasteiger partial charge < -0.3 is 17.8 Å². The maximum atomic E-state index is 5.43. The van der Waals surface area contributed by atoms with Crippen molar-refractivity contribution < 1.29 is 0 Å². The first-order valence-corrected chi connectivity index (χ1v) is 48.4. The minimum absolute atomic E-state index is 0.628. The lowest BCUT2D eigenvalue weighted by Crippen LogP contribution is -2.02. The number of aromatic nitrogens is 13. The maximum Gasteiger partial charge on any atom is 0.236 e. The molecule has 0 saturated carbocycles. The Labute approximate surface area is 805 Å². The van der Waals surface area contributed by atoms with Crippen LogP contribution in [0.3, 0.4) is 0 Å². The standard InChI is InChI=1S/C52H30N4.C42H22N4.C35H19N5/c1-2-12-33-27-36(22-21-31(33)11-1)50-39-16-5-8-18-43(39)53-52(54-50)32-23-25-37(26-24-32)55-46-29-35-14-4-3-13-34(35)28-42(46)48-47(55)30-41-38-15-6-9-19-44(38)56-45-20-10-7-17-40(45)49(48)51(41)56;1-2-11-24-21-35-31(20-23(24)10-1)38-36(22-30-26-13-5-7-18-33(26)45-34-19-8-6-15-29(34)39(38)41(30)45)46(35)42-43-32-17-9-16-27-25-12-3-4-14-28(25)40(44-42)37(27)32;1-2-9-21-17-29-26(16-20(21)8-1)31-30(40(29)35-37-19-22-10-7-15-36-34(22)38-35)18-25-23-11-3-5-13-27(23)39-28-14-6-4-12-24(28)32(31)33(25)39/h1-30H;1-22H;1-19H. The quantitative estimate of drug-likeness (QED) is 0.168. The van der Waals surface area contributed by atoms with Crippen molar-refractivity contribution in [2.24, 2.45) is 0 Å². The highest BCUT2D eigenvalue weighted by atomic mass is 15.2. The smallest absolute Gasteiger partial charge is 0.236 e. The molecule has 0 atom stereocenters. The molecule has 0 aliphatic heterocycles. The monoisotopic (exact) mass is 1800 g/mol. The first-order valence-electron chi connectivity index (χ1n) is 48.4. The first-order chi connectivity index (χ1) is 70.4. The van der Waals surface area contributed by atoms with Gasteiger partial charge in [0, 0.05) is 148 Å². The third-order valence-corrected chi connectivity index (χ3v) is 30.8. The molecule has 0 N–H and O–H groups in total. The second-order valence-corrected chi connectivity index (χ2v) is 38.1. The summed E-state index contributed by atoms with van der Waals surface area (Å²) < 4.78 is 14.4. The molecule has 13 heterocycles. The van der Waals surface area contributed by atoms with Crippen molar-refractivity contribution in [3.05, 3.63) is 431 Å². The number of hydrogen-bond acceptors (Lipinski definition) is 7. The van der Waals surface area contributed by atoms with Gasteiger partial charge >= 0.3 is 0 Å². The number of para-hydroxylation sites is 7. The fourth-order valence-electron chi connectivity index (χ4n) is 24.9. The Morgan fingerprint density at radius 2 is 0.577 bits per heavy atom. The van der Waals surface area contributed by atoms with Gasteiger partial charge in [0.25, 0.3) is 0 Å². The summed E-state index contributed by atoms with van der Waals surface area (Å²) in [6.45, 7) is 0. The molecular weight excluding hydrogens is 1730 g/mol. The molecule has 0 amide bonds. The molecule has 652 valence electrons. The molecule has 1 aliphatic carbocycles. The third kappa shape index (κ3) is 10.3. The summed E-state index contributed by atoms with van der Waals surface area (Å²) in [6.07, 6.45) is 3.66. The molecule has 1 aliphatic rings. The van der Waals surface area contributed by atoms with Gasteiger partial charge in [-0.2, -0.15) is 4.98 Å². The van der Waals surface area contributed by atoms with Crippen molar-refractivity contribution in [1.82, 2.24) is 61.8 Å². The van der Waals surface area contributed by atoms with Crippen LogP contribution in [-0.4, -0.2) is 61.8 Å². The molecule has 0 radical (unpaired) electrons. The van der Waals surface area contributed by atoms with Gasteiger partial charge in [-0.1, -0.05) is 273 Å². The Hall–Kier alpha value is -19.4. The van der Waals surface area contributed by atoms with E-state index in [0.717, 1.165) is 77.5 Å². The highest BCUT2D eigenvalue weighted by molar-refractivity contribution is 6.40. The van der Waals surface area contributed by atoms with Crippen LogP contribution in [0.4, 0.5) is 0 Å². The van der Waals surface area contributed by atoms with E-state index in [2.05, 4.69) is 438 Å². The summed E-state index contributed by atoms with van der Waals surface area (Å²) in [5.41, 5.74) is 29.4. The second kappa shape index (κ2) is 28.2. The topological polar surface area (TPSA) is 118 Å². The Balaban J connectivity index is 0.0000000954. The summed E-state index contributed by atoms with van der Waals surface area (Å²) in [4.78, 5) is 35.5. The summed E-state index contributed by atoms with van der Waals surface area (Å²) >= 11 is 0. The SMILES string of the molecule is c1ccc2c(c1)-c1cccc3nc(-n4c5cc6ccccc6cc5c5c6c7ccccc7n7c8ccccc8c(cc54)c67)nc-2c13.c1ccc2cc(-c3nc(-c4ccc(-n5c6cc7ccccc7cc6c6c7c8ccccc8n8c9ccccc9c(cc65)c78)cc4)nc4ccccc34)ccc2c1.c1ccc2cc3c(cc2c1)c1c2c4ccccc4n4c5ccccc5c(cc1n3-c1ncc3cccnc3n1)c24. The number of benzene rings is 21. The molecular formula is C129H71N13. The van der Waals surface area contributed by atoms with Crippen LogP contribution >= 0.6 is 0 Å². The average Bonchev–Trinajstić information content (AvgIpc) is 1.52. The van der Waals surface area contributed by atoms with E-state index < -0.39 is 0 Å². The van der Waals surface area contributed by atoms with Crippen molar-refractivity contribution >= 4 is 256 Å². The van der Waals surface area contributed by atoms with Crippen LogP contribution in [-0.2, 0) is 0 Å². The lowest BCUT2D eigenvalue weighted by Gasteiger charge is -2.12. The molecule has 0 saturated heterocycles. The van der Waals surface area contributed by atoms with E-state index in [1.54, 1.807) is 6.20 Å². The lowest BCUT2D eigenvalue weighted by atomic mass is 10.0. The third-order valence-electron chi connectivity index (χ3n) is 30.8. The number of nitrogens with zero attached hydrogens (tertiary/aromatic N) is 13. The normalized spacial score (nSPS) is 12.5. The summed E-state index contributed by atoms with van der Waals surface area (Å²) in [6, 6.07) is 151. The summed E-state index contributed by atoms with van der Waals surface area (Å²) in [5, 5.41) is 35.5. The van der Waals surface area contributed by atoms with Crippen LogP contribution in [0.2, 0.25) is 0 Å². The zero-order valence-electron chi connectivity index (χ0n) is 75.8. The van der Waals surface area contributed by atoms with E-state index >= 15 is 0 Å². The molecule has 0 unspecified atom stereocenters. The molecule has 21 aromatic carbocycles. The molecule has 13 nitrogen and oxygen atoms in total. The van der Waals surface area contributed by atoms with Gasteiger partial charge in [-0.05, 0) is 200 Å². The zero-order chi connectivity index (χ0) is 92.1. The Bertz CT molecular complexity index is 11600. The predicted molar refractivity (Wildman–Crippen MR) is 589 cm³/mol. The van der Waals surface area contributed by atoms with Crippen LogP contribution in [0.25, 0.3) is 318 Å². The van der Waals surface area contributed by atoms with E-state index in [0.29, 0.717) is 23.4 Å². The number of hydrogen-bond donors (Lipinski definition) is 0. The van der Waals surface area contributed by atoms with Crippen molar-refractivity contribution in [2.75, 3.05) is 0 Å². The minimum Gasteiger partial charge on any atom is -0.309 e. The molecule has 13 heteroatoms. The fourth-order valence-corrected chi connectivity index (χ4v) is 24.9. The second-order valence-electron chi connectivity index (χ2n) is 38.1. The van der Waals surface area contributed by atoms with Crippen LogP contribution in [0.15, 0.2) is 431 Å². The van der Waals surface area contributed by atoms with Gasteiger partial charge in [0.1, 0.15) is 0 Å². The van der Waals surface area contributed by atoms with Crippen molar-refractivity contribution in [3.63, 3.8) is 0 Å². The molecule has 142 heavy (non-hydrogen) atoms. The van der Waals surface area contributed by atoms with E-state index in [9.17, 15) is 0 Å². The molecule has 0 fully saturated rings. The molecule has 34 aromatic rings. The maximum absolute atomic E-state index is 5.43. The zero-order valence-corrected chi connectivity index (χ0v) is 75.8. The van der Waals surface area contributed by atoms with Crippen LogP contribution in [0.1, 0.15) is 0 Å². The van der Waals surface area contributed by atoms with Gasteiger partial charge in [0.05, 0.1) is 105 Å². The highest BCUT2D eigenvalue weighted by Gasteiger charge is 2.33. The van der Waals surface area contributed by atoms with Gasteiger partial charge in [-0.3, -0.25) is 9.13 Å². The van der Waals surface area contributed by atoms with Crippen LogP contribution in [0, 0.1) is 0 Å². The highest BCUT2D eigenvalue weighted by Crippen LogP contribution is 2.54. The van der Waals surface area contributed by atoms with Crippen molar-refractivity contribution in [1.29, 1.82) is 0 Å². The molecule has 35 rings (SSSR count). The lowest BCUT2D eigenvalue weighted by molar-refractivity contribution is 1.00. The van der Waals surface area contributed by atoms with E-state index in [-0.39, 0.29) is 0 Å². The average molecular weight is 1800 g/mol.